The summed E-state index contributed by atoms with van der Waals surface area (Å²) in [4.78, 5) is 0. The Balaban J connectivity index is 2.52. The van der Waals surface area contributed by atoms with Gasteiger partial charge in [0.25, 0.3) is 0 Å². The molecule has 0 N–H and O–H groups in total. The summed E-state index contributed by atoms with van der Waals surface area (Å²) in [6.45, 7) is 3.92. The van der Waals surface area contributed by atoms with Gasteiger partial charge in [-0.25, -0.2) is 0 Å². The second-order valence-electron chi connectivity index (χ2n) is 2.15. The normalized spacial score (nSPS) is 65.2. The molecule has 0 amide bonds. The van der Waals surface area contributed by atoms with Gasteiger partial charge in [-0.05, 0) is 18.2 Å². The highest BCUT2D eigenvalue weighted by atomic mass is 14.4. The van der Waals surface area contributed by atoms with Crippen LogP contribution in [0.3, 0.4) is 0 Å². The van der Waals surface area contributed by atoms with E-state index in [1.807, 2.05) is 13.8 Å². The van der Waals surface area contributed by atoms with E-state index in [1.54, 1.807) is 0 Å². The Kier molecular flexibility index (Phi) is 0.184. The van der Waals surface area contributed by atoms with Crippen molar-refractivity contribution < 1.29 is 2.74 Å². The molecular formula is C5H10. The maximum Gasteiger partial charge on any atom is 0.0272 e. The lowest BCUT2D eigenvalue weighted by Crippen LogP contribution is -1.75. The first-order valence-corrected chi connectivity index (χ1v) is 1.91. The van der Waals surface area contributed by atoms with Crippen molar-refractivity contribution in [3.63, 3.8) is 0 Å². The molecule has 5 heavy (non-hydrogen) atoms. The molecule has 2 atom stereocenters. The van der Waals surface area contributed by atoms with Gasteiger partial charge in [0.1, 0.15) is 0 Å². The molecule has 0 aromatic carbocycles. The zero-order valence-corrected chi connectivity index (χ0v) is 3.65. The van der Waals surface area contributed by atoms with Crippen LogP contribution in [0.5, 0.6) is 0 Å². The van der Waals surface area contributed by atoms with E-state index in [9.17, 15) is 0 Å². The summed E-state index contributed by atoms with van der Waals surface area (Å²) >= 11 is 0. The fourth-order valence-electron chi connectivity index (χ4n) is 0.167. The molecule has 0 spiro atoms. The van der Waals surface area contributed by atoms with E-state index in [-0.39, 0.29) is 18.2 Å². The molecule has 0 heteroatoms. The monoisotopic (exact) mass is 72.1 g/mol. The SMILES string of the molecule is [2H]C1C([2H])C1(C)C. The summed E-state index contributed by atoms with van der Waals surface area (Å²) in [5, 5.41) is 0. The van der Waals surface area contributed by atoms with E-state index < -0.39 is 0 Å². The van der Waals surface area contributed by atoms with Gasteiger partial charge in [-0.2, -0.15) is 0 Å². The fourth-order valence-corrected chi connectivity index (χ4v) is 0.167. The predicted molar refractivity (Wildman–Crippen MR) is 23.0 cm³/mol. The van der Waals surface area contributed by atoms with Crippen LogP contribution in [0.25, 0.3) is 0 Å². The predicted octanol–water partition coefficient (Wildman–Crippen LogP) is 1.81. The van der Waals surface area contributed by atoms with Crippen molar-refractivity contribution in [2.75, 3.05) is 0 Å². The molecular weight excluding hydrogens is 60.1 g/mol. The molecule has 1 fully saturated rings. The van der Waals surface area contributed by atoms with Gasteiger partial charge >= 0.3 is 0 Å². The Labute approximate surface area is 36.0 Å². The largest absolute Gasteiger partial charge is 0.0599 e. The molecule has 0 aromatic heterocycles. The van der Waals surface area contributed by atoms with Crippen LogP contribution in [-0.2, 0) is 0 Å². The highest BCUT2D eigenvalue weighted by molar-refractivity contribution is 4.82. The van der Waals surface area contributed by atoms with Crippen LogP contribution in [0.4, 0.5) is 0 Å². The third-order valence-electron chi connectivity index (χ3n) is 0.833. The fraction of sp³-hybridized carbons (Fsp3) is 1.00. The average molecular weight is 72.1 g/mol. The van der Waals surface area contributed by atoms with Crippen LogP contribution in [0.15, 0.2) is 0 Å². The van der Waals surface area contributed by atoms with Gasteiger partial charge in [-0.1, -0.05) is 13.8 Å². The lowest BCUT2D eigenvalue weighted by atomic mass is 10.2. The average Bonchev–Trinajstić information content (AvgIpc) is 1.91. The molecule has 0 saturated heterocycles. The maximum atomic E-state index is 7.12. The Morgan fingerprint density at radius 3 is 1.80 bits per heavy atom. The van der Waals surface area contributed by atoms with Crippen LogP contribution >= 0.6 is 0 Å². The van der Waals surface area contributed by atoms with Gasteiger partial charge in [0, 0.05) is 2.74 Å². The van der Waals surface area contributed by atoms with Crippen molar-refractivity contribution in [3.8, 4) is 0 Å². The number of hydrogen-bond donors (Lipinski definition) is 0. The van der Waals surface area contributed by atoms with Crippen LogP contribution in [0, 0.1) is 5.41 Å². The van der Waals surface area contributed by atoms with Gasteiger partial charge in [-0.15, -0.1) is 0 Å². The van der Waals surface area contributed by atoms with Crippen LogP contribution in [0.1, 0.15) is 29.4 Å². The van der Waals surface area contributed by atoms with E-state index in [0.29, 0.717) is 0 Å². The van der Waals surface area contributed by atoms with Gasteiger partial charge in [-0.3, -0.25) is 0 Å². The summed E-state index contributed by atoms with van der Waals surface area (Å²) < 4.78 is 14.2. The molecule has 0 heterocycles. The van der Waals surface area contributed by atoms with E-state index >= 15 is 0 Å². The van der Waals surface area contributed by atoms with Crippen molar-refractivity contribution in [3.05, 3.63) is 0 Å². The lowest BCUT2D eigenvalue weighted by molar-refractivity contribution is 0.653. The van der Waals surface area contributed by atoms with Crippen molar-refractivity contribution in [1.29, 1.82) is 0 Å². The molecule has 1 saturated carbocycles. The first kappa shape index (κ1) is 1.63. The molecule has 0 radical (unpaired) electrons. The maximum absolute atomic E-state index is 7.12. The van der Waals surface area contributed by atoms with E-state index in [1.165, 1.54) is 0 Å². The molecule has 1 rings (SSSR count). The summed E-state index contributed by atoms with van der Waals surface area (Å²) in [7, 11) is 0. The molecule has 0 aliphatic heterocycles. The highest BCUT2D eigenvalue weighted by Crippen LogP contribution is 2.43. The van der Waals surface area contributed by atoms with E-state index in [4.69, 9.17) is 2.74 Å². The summed E-state index contributed by atoms with van der Waals surface area (Å²) in [5.74, 6) is 0. The van der Waals surface area contributed by atoms with Crippen LogP contribution in [-0.4, -0.2) is 0 Å². The first-order chi connectivity index (χ1) is 3.07. The topological polar surface area (TPSA) is 0 Å². The van der Waals surface area contributed by atoms with Crippen LogP contribution < -0.4 is 0 Å². The standard InChI is InChI=1S/C5H10/c1-5(2)3-4-5/h3-4H2,1-2H3/i3D,4D. The number of hydrogen-bond acceptors (Lipinski definition) is 0. The Bertz CT molecular complexity index is 78.1. The van der Waals surface area contributed by atoms with Crippen LogP contribution in [0.2, 0.25) is 0 Å². The third kappa shape index (κ3) is 0.640. The van der Waals surface area contributed by atoms with Crippen molar-refractivity contribution >= 4 is 0 Å². The number of rotatable bonds is 0. The summed E-state index contributed by atoms with van der Waals surface area (Å²) in [6.07, 6.45) is -0.236. The summed E-state index contributed by atoms with van der Waals surface area (Å²) in [6, 6.07) is 0. The quantitative estimate of drug-likeness (QED) is 0.409. The highest BCUT2D eigenvalue weighted by Gasteiger charge is 2.30. The van der Waals surface area contributed by atoms with Gasteiger partial charge in [0.2, 0.25) is 0 Å². The van der Waals surface area contributed by atoms with Crippen molar-refractivity contribution in [2.45, 2.75) is 26.6 Å². The molecule has 2 unspecified atom stereocenters. The minimum absolute atomic E-state index is 0. The first-order valence-electron chi connectivity index (χ1n) is 3.07. The summed E-state index contributed by atoms with van der Waals surface area (Å²) in [5.41, 5.74) is 0. The van der Waals surface area contributed by atoms with Crippen molar-refractivity contribution in [1.82, 2.24) is 0 Å². The second kappa shape index (κ2) is 0.562. The van der Waals surface area contributed by atoms with E-state index in [0.717, 1.165) is 0 Å². The molecule has 0 aromatic rings. The van der Waals surface area contributed by atoms with Crippen molar-refractivity contribution in [2.24, 2.45) is 5.41 Å². The molecule has 1 aliphatic rings. The second-order valence-corrected chi connectivity index (χ2v) is 2.15. The molecule has 0 nitrogen and oxygen atoms in total. The van der Waals surface area contributed by atoms with Gasteiger partial charge in [0.05, 0.1) is 0 Å². The molecule has 30 valence electrons. The zero-order chi connectivity index (χ0) is 5.65. The lowest BCUT2D eigenvalue weighted by Gasteiger charge is -1.86. The molecule has 1 aliphatic carbocycles. The smallest absolute Gasteiger partial charge is 0.0272 e. The van der Waals surface area contributed by atoms with Gasteiger partial charge in [0.15, 0.2) is 0 Å². The molecule has 0 bridgehead atoms. The Morgan fingerprint density at radius 1 is 1.60 bits per heavy atom. The Hall–Kier alpha value is 0. The zero-order valence-electron chi connectivity index (χ0n) is 5.65. The minimum Gasteiger partial charge on any atom is -0.0599 e. The minimum atomic E-state index is -0.118. The van der Waals surface area contributed by atoms with Gasteiger partial charge < -0.3 is 0 Å². The Morgan fingerprint density at radius 2 is 1.80 bits per heavy atom. The third-order valence-corrected chi connectivity index (χ3v) is 0.833. The van der Waals surface area contributed by atoms with E-state index in [2.05, 4.69) is 0 Å².